The van der Waals surface area contributed by atoms with Crippen molar-refractivity contribution in [1.82, 2.24) is 25.9 Å². The first kappa shape index (κ1) is 28.9. The number of carbonyl (C=O) groups excluding carboxylic acids is 4. The average molecular weight is 500 g/mol. The molecule has 0 bridgehead atoms. The number of primary amides is 1. The summed E-state index contributed by atoms with van der Waals surface area (Å²) in [4.78, 5) is 67.0. The summed E-state index contributed by atoms with van der Waals surface area (Å²) in [5.41, 5.74) is 11.6. The SMILES string of the molecule is CC(C)CC(NC(=O)C(N)Cc1cnc[nH]1)C(=O)NC(CS)C(=O)NC(CCC(N)=O)C(=O)O. The summed E-state index contributed by atoms with van der Waals surface area (Å²) in [5.74, 6) is -4.18. The summed E-state index contributed by atoms with van der Waals surface area (Å²) in [6.45, 7) is 3.71. The van der Waals surface area contributed by atoms with E-state index in [0.717, 1.165) is 0 Å². The highest BCUT2D eigenvalue weighted by Gasteiger charge is 2.30. The lowest BCUT2D eigenvalue weighted by Gasteiger charge is -2.25. The van der Waals surface area contributed by atoms with E-state index < -0.39 is 53.8 Å². The number of thiol groups is 1. The molecule has 0 fully saturated rings. The lowest BCUT2D eigenvalue weighted by molar-refractivity contribution is -0.142. The second-order valence-electron chi connectivity index (χ2n) is 8.23. The molecular formula is C20H33N7O6S. The van der Waals surface area contributed by atoms with Gasteiger partial charge in [0.05, 0.1) is 12.4 Å². The highest BCUT2D eigenvalue weighted by molar-refractivity contribution is 7.80. The summed E-state index contributed by atoms with van der Waals surface area (Å²) in [6, 6.07) is -4.48. The molecule has 1 aromatic rings. The first-order valence-corrected chi connectivity index (χ1v) is 11.3. The summed E-state index contributed by atoms with van der Waals surface area (Å²) in [6.07, 6.45) is 3.01. The van der Waals surface area contributed by atoms with Crippen LogP contribution in [0.5, 0.6) is 0 Å². The Morgan fingerprint density at radius 1 is 1.06 bits per heavy atom. The van der Waals surface area contributed by atoms with Gasteiger partial charge in [-0.3, -0.25) is 19.2 Å². The topological polar surface area (TPSA) is 222 Å². The number of imidazole rings is 1. The standard InChI is InChI=1S/C20H33N7O6S/c1-10(2)5-14(26-17(29)12(21)6-11-7-23-9-24-11)18(30)27-15(8-34)19(31)25-13(20(32)33)3-4-16(22)28/h7,9-10,12-15,34H,3-6,8,21H2,1-2H3,(H2,22,28)(H,23,24)(H,25,31)(H,26,29)(H,27,30)(H,32,33). The van der Waals surface area contributed by atoms with Crippen LogP contribution in [0.25, 0.3) is 0 Å². The molecule has 1 rings (SSSR count). The van der Waals surface area contributed by atoms with Crippen molar-refractivity contribution in [1.29, 1.82) is 0 Å². The maximum atomic E-state index is 12.9. The van der Waals surface area contributed by atoms with Crippen molar-refractivity contribution in [2.75, 3.05) is 5.75 Å². The summed E-state index contributed by atoms with van der Waals surface area (Å²) >= 11 is 4.06. The Labute approximate surface area is 202 Å². The number of H-pyrrole nitrogens is 1. The molecule has 0 aromatic carbocycles. The molecule has 0 radical (unpaired) electrons. The van der Waals surface area contributed by atoms with Crippen LogP contribution < -0.4 is 27.4 Å². The number of carboxylic acid groups (broad SMARTS) is 1. The molecule has 0 spiro atoms. The van der Waals surface area contributed by atoms with Crippen molar-refractivity contribution in [2.24, 2.45) is 17.4 Å². The third-order valence-corrected chi connectivity index (χ3v) is 5.15. The number of nitrogens with two attached hydrogens (primary N) is 2. The minimum Gasteiger partial charge on any atom is -0.480 e. The molecule has 9 N–H and O–H groups in total. The van der Waals surface area contributed by atoms with Crippen molar-refractivity contribution in [3.63, 3.8) is 0 Å². The van der Waals surface area contributed by atoms with Gasteiger partial charge in [0, 0.05) is 30.5 Å². The van der Waals surface area contributed by atoms with Gasteiger partial charge >= 0.3 is 5.97 Å². The maximum absolute atomic E-state index is 12.9. The molecule has 4 unspecified atom stereocenters. The smallest absolute Gasteiger partial charge is 0.326 e. The van der Waals surface area contributed by atoms with Gasteiger partial charge in [0.25, 0.3) is 0 Å². The number of aliphatic carboxylic acids is 1. The number of hydrogen-bond donors (Lipinski definition) is 8. The van der Waals surface area contributed by atoms with Crippen molar-refractivity contribution < 1.29 is 29.1 Å². The Morgan fingerprint density at radius 3 is 2.15 bits per heavy atom. The zero-order valence-electron chi connectivity index (χ0n) is 19.1. The van der Waals surface area contributed by atoms with Crippen LogP contribution in [0.4, 0.5) is 0 Å². The predicted molar refractivity (Wildman–Crippen MR) is 125 cm³/mol. The van der Waals surface area contributed by atoms with Crippen molar-refractivity contribution in [2.45, 2.75) is 63.7 Å². The first-order valence-electron chi connectivity index (χ1n) is 10.7. The van der Waals surface area contributed by atoms with E-state index in [2.05, 4.69) is 38.5 Å². The maximum Gasteiger partial charge on any atom is 0.326 e. The summed E-state index contributed by atoms with van der Waals surface area (Å²) < 4.78 is 0. The van der Waals surface area contributed by atoms with E-state index in [1.54, 1.807) is 0 Å². The van der Waals surface area contributed by atoms with Crippen LogP contribution in [0, 0.1) is 5.92 Å². The quantitative estimate of drug-likeness (QED) is 0.126. The normalized spacial score (nSPS) is 14.5. The average Bonchev–Trinajstić information content (AvgIpc) is 3.26. The van der Waals surface area contributed by atoms with Gasteiger partial charge in [0.2, 0.25) is 23.6 Å². The van der Waals surface area contributed by atoms with Crippen molar-refractivity contribution >= 4 is 42.2 Å². The number of aromatic nitrogens is 2. The molecule has 0 aliphatic carbocycles. The number of nitrogens with zero attached hydrogens (tertiary/aromatic N) is 1. The van der Waals surface area contributed by atoms with Gasteiger partial charge in [0.1, 0.15) is 18.1 Å². The third kappa shape index (κ3) is 10.2. The second-order valence-corrected chi connectivity index (χ2v) is 8.59. The molecule has 4 amide bonds. The number of carboxylic acids is 1. The fraction of sp³-hybridized carbons (Fsp3) is 0.600. The van der Waals surface area contributed by atoms with Crippen LogP contribution in [0.3, 0.4) is 0 Å². The van der Waals surface area contributed by atoms with E-state index >= 15 is 0 Å². The first-order chi connectivity index (χ1) is 15.9. The van der Waals surface area contributed by atoms with Crippen LogP contribution in [0.15, 0.2) is 12.5 Å². The van der Waals surface area contributed by atoms with Crippen LogP contribution >= 0.6 is 12.6 Å². The number of rotatable bonds is 15. The summed E-state index contributed by atoms with van der Waals surface area (Å²) in [7, 11) is 0. The minimum absolute atomic E-state index is 0.0216. The molecule has 34 heavy (non-hydrogen) atoms. The number of hydrogen-bond acceptors (Lipinski definition) is 8. The van der Waals surface area contributed by atoms with Gasteiger partial charge in [0.15, 0.2) is 0 Å². The molecule has 14 heteroatoms. The van der Waals surface area contributed by atoms with Crippen LogP contribution in [0.2, 0.25) is 0 Å². The van der Waals surface area contributed by atoms with E-state index in [1.165, 1.54) is 12.5 Å². The van der Waals surface area contributed by atoms with Crippen molar-refractivity contribution in [3.05, 3.63) is 18.2 Å². The third-order valence-electron chi connectivity index (χ3n) is 4.78. The molecule has 1 heterocycles. The molecule has 0 aliphatic heterocycles. The lowest BCUT2D eigenvalue weighted by atomic mass is 10.0. The molecule has 0 saturated heterocycles. The van der Waals surface area contributed by atoms with Gasteiger partial charge in [-0.05, 0) is 18.8 Å². The zero-order chi connectivity index (χ0) is 25.8. The van der Waals surface area contributed by atoms with E-state index in [4.69, 9.17) is 11.5 Å². The molecule has 190 valence electrons. The van der Waals surface area contributed by atoms with Gasteiger partial charge in [-0.2, -0.15) is 12.6 Å². The number of aromatic amines is 1. The van der Waals surface area contributed by atoms with E-state index in [9.17, 15) is 29.1 Å². The van der Waals surface area contributed by atoms with E-state index in [0.29, 0.717) is 5.69 Å². The van der Waals surface area contributed by atoms with Gasteiger partial charge in [-0.1, -0.05) is 13.8 Å². The largest absolute Gasteiger partial charge is 0.480 e. The Morgan fingerprint density at radius 2 is 1.65 bits per heavy atom. The van der Waals surface area contributed by atoms with Gasteiger partial charge in [-0.25, -0.2) is 9.78 Å². The highest BCUT2D eigenvalue weighted by atomic mass is 32.1. The molecular weight excluding hydrogens is 466 g/mol. The number of amides is 4. The minimum atomic E-state index is -1.37. The fourth-order valence-corrected chi connectivity index (χ4v) is 3.25. The second kappa shape index (κ2) is 14.2. The van der Waals surface area contributed by atoms with Crippen molar-refractivity contribution in [3.8, 4) is 0 Å². The molecule has 1 aromatic heterocycles. The highest BCUT2D eigenvalue weighted by Crippen LogP contribution is 2.07. The Bertz CT molecular complexity index is 848. The molecule has 4 atom stereocenters. The lowest BCUT2D eigenvalue weighted by Crippen LogP contribution is -2.58. The van der Waals surface area contributed by atoms with Gasteiger partial charge < -0.3 is 37.5 Å². The molecule has 0 aliphatic rings. The van der Waals surface area contributed by atoms with E-state index in [1.807, 2.05) is 13.8 Å². The predicted octanol–water partition coefficient (Wildman–Crippen LogP) is -1.94. The number of nitrogens with one attached hydrogen (secondary N) is 4. The molecule has 13 nitrogen and oxygen atoms in total. The Balaban J connectivity index is 2.81. The van der Waals surface area contributed by atoms with Crippen LogP contribution in [0.1, 0.15) is 38.8 Å². The zero-order valence-corrected chi connectivity index (χ0v) is 20.0. The number of carbonyl (C=O) groups is 5. The van der Waals surface area contributed by atoms with Crippen LogP contribution in [-0.4, -0.2) is 74.6 Å². The van der Waals surface area contributed by atoms with E-state index in [-0.39, 0.29) is 37.4 Å². The van der Waals surface area contributed by atoms with Crippen LogP contribution in [-0.2, 0) is 30.4 Å². The Kier molecular flexibility index (Phi) is 12.1. The fourth-order valence-electron chi connectivity index (χ4n) is 2.99. The Hall–Kier alpha value is -3.13. The summed E-state index contributed by atoms with van der Waals surface area (Å²) in [5, 5.41) is 16.6. The van der Waals surface area contributed by atoms with Gasteiger partial charge in [-0.15, -0.1) is 0 Å². The monoisotopic (exact) mass is 499 g/mol. The molecule has 0 saturated carbocycles.